The number of alkyl halides is 1. The van der Waals surface area contributed by atoms with E-state index >= 15 is 0 Å². The molecule has 112 valence electrons. The zero-order valence-corrected chi connectivity index (χ0v) is 13.3. The minimum absolute atomic E-state index is 0.195. The molecule has 21 heavy (non-hydrogen) atoms. The fourth-order valence-corrected chi connectivity index (χ4v) is 2.74. The van der Waals surface area contributed by atoms with E-state index in [0.717, 1.165) is 28.0 Å². The summed E-state index contributed by atoms with van der Waals surface area (Å²) >= 11 is 6.53. The minimum Gasteiger partial charge on any atom is -0.496 e. The van der Waals surface area contributed by atoms with E-state index in [4.69, 9.17) is 21.1 Å². The molecule has 0 aromatic heterocycles. The molecule has 0 aliphatic rings. The van der Waals surface area contributed by atoms with Gasteiger partial charge in [-0.05, 0) is 48.2 Å². The Hall–Kier alpha value is -1.74. The third kappa shape index (κ3) is 3.13. The molecule has 0 spiro atoms. The SMILES string of the molecule is COc1cc(C(Cl)c2cc(C)c(OC)c(C)c2)ccc1F. The van der Waals surface area contributed by atoms with E-state index in [1.807, 2.05) is 26.0 Å². The lowest BCUT2D eigenvalue weighted by molar-refractivity contribution is 0.386. The van der Waals surface area contributed by atoms with Crippen LogP contribution in [0.25, 0.3) is 0 Å². The predicted octanol–water partition coefficient (Wildman–Crippen LogP) is 4.79. The molecule has 4 heteroatoms. The first-order valence-corrected chi connectivity index (χ1v) is 7.04. The molecule has 2 aromatic rings. The van der Waals surface area contributed by atoms with Crippen molar-refractivity contribution in [3.63, 3.8) is 0 Å². The largest absolute Gasteiger partial charge is 0.496 e. The van der Waals surface area contributed by atoms with Crippen LogP contribution in [0.5, 0.6) is 11.5 Å². The van der Waals surface area contributed by atoms with Crippen LogP contribution in [0.1, 0.15) is 27.6 Å². The number of benzene rings is 2. The molecule has 2 aromatic carbocycles. The normalized spacial score (nSPS) is 12.1. The van der Waals surface area contributed by atoms with Gasteiger partial charge in [0.2, 0.25) is 0 Å². The Kier molecular flexibility index (Phi) is 4.73. The van der Waals surface area contributed by atoms with Gasteiger partial charge in [0.15, 0.2) is 11.6 Å². The van der Waals surface area contributed by atoms with Gasteiger partial charge in [-0.2, -0.15) is 0 Å². The summed E-state index contributed by atoms with van der Waals surface area (Å²) in [5, 5.41) is -0.372. The molecule has 0 bridgehead atoms. The van der Waals surface area contributed by atoms with Gasteiger partial charge in [-0.15, -0.1) is 11.6 Å². The summed E-state index contributed by atoms with van der Waals surface area (Å²) in [7, 11) is 3.09. The predicted molar refractivity (Wildman–Crippen MR) is 83.1 cm³/mol. The van der Waals surface area contributed by atoms with Gasteiger partial charge in [0, 0.05) is 0 Å². The third-order valence-electron chi connectivity index (χ3n) is 3.45. The second kappa shape index (κ2) is 6.35. The van der Waals surface area contributed by atoms with E-state index in [1.54, 1.807) is 19.2 Å². The summed E-state index contributed by atoms with van der Waals surface area (Å²) in [5.41, 5.74) is 3.78. The van der Waals surface area contributed by atoms with Crippen molar-refractivity contribution < 1.29 is 13.9 Å². The Balaban J connectivity index is 2.42. The summed E-state index contributed by atoms with van der Waals surface area (Å²) in [6.45, 7) is 3.95. The molecule has 0 fully saturated rings. The maximum Gasteiger partial charge on any atom is 0.165 e. The molecule has 0 amide bonds. The van der Waals surface area contributed by atoms with E-state index in [0.29, 0.717) is 0 Å². The highest BCUT2D eigenvalue weighted by Crippen LogP contribution is 2.35. The zero-order chi connectivity index (χ0) is 15.6. The first kappa shape index (κ1) is 15.6. The maximum atomic E-state index is 13.5. The fraction of sp³-hybridized carbons (Fsp3) is 0.294. The van der Waals surface area contributed by atoms with Crippen molar-refractivity contribution in [3.05, 3.63) is 58.4 Å². The number of halogens is 2. The Bertz CT molecular complexity index is 632. The van der Waals surface area contributed by atoms with Gasteiger partial charge < -0.3 is 9.47 Å². The second-order valence-electron chi connectivity index (χ2n) is 4.94. The minimum atomic E-state index is -0.396. The summed E-state index contributed by atoms with van der Waals surface area (Å²) in [4.78, 5) is 0. The smallest absolute Gasteiger partial charge is 0.165 e. The molecule has 0 N–H and O–H groups in total. The summed E-state index contributed by atoms with van der Waals surface area (Å²) in [6.07, 6.45) is 0. The van der Waals surface area contributed by atoms with Crippen LogP contribution in [-0.2, 0) is 0 Å². The number of aryl methyl sites for hydroxylation is 2. The monoisotopic (exact) mass is 308 g/mol. The van der Waals surface area contributed by atoms with Crippen LogP contribution in [0.15, 0.2) is 30.3 Å². The highest BCUT2D eigenvalue weighted by molar-refractivity contribution is 6.22. The van der Waals surface area contributed by atoms with Crippen molar-refractivity contribution in [1.82, 2.24) is 0 Å². The van der Waals surface area contributed by atoms with Crippen molar-refractivity contribution in [3.8, 4) is 11.5 Å². The van der Waals surface area contributed by atoms with Crippen LogP contribution in [0.3, 0.4) is 0 Å². The molecule has 0 heterocycles. The zero-order valence-electron chi connectivity index (χ0n) is 12.5. The second-order valence-corrected chi connectivity index (χ2v) is 5.38. The van der Waals surface area contributed by atoms with Crippen LogP contribution < -0.4 is 9.47 Å². The number of methoxy groups -OCH3 is 2. The Morgan fingerprint density at radius 3 is 2.10 bits per heavy atom. The molecule has 0 aliphatic carbocycles. The van der Waals surface area contributed by atoms with Crippen molar-refractivity contribution in [2.24, 2.45) is 0 Å². The van der Waals surface area contributed by atoms with Gasteiger partial charge in [-0.25, -0.2) is 4.39 Å². The van der Waals surface area contributed by atoms with Crippen LogP contribution >= 0.6 is 11.6 Å². The van der Waals surface area contributed by atoms with Crippen molar-refractivity contribution in [2.75, 3.05) is 14.2 Å². The van der Waals surface area contributed by atoms with Gasteiger partial charge in [-0.1, -0.05) is 18.2 Å². The number of hydrogen-bond acceptors (Lipinski definition) is 2. The lowest BCUT2D eigenvalue weighted by Crippen LogP contribution is -1.99. The standard InChI is InChI=1S/C17H18ClFO2/c1-10-7-13(8-11(2)17(10)21-4)16(18)12-5-6-14(19)15(9-12)20-3/h5-9,16H,1-4H3. The molecule has 2 rings (SSSR count). The van der Waals surface area contributed by atoms with Crippen LogP contribution in [0, 0.1) is 19.7 Å². The molecular weight excluding hydrogens is 291 g/mol. The molecule has 0 radical (unpaired) electrons. The Morgan fingerprint density at radius 1 is 0.952 bits per heavy atom. The van der Waals surface area contributed by atoms with E-state index in [-0.39, 0.29) is 11.1 Å². The maximum absolute atomic E-state index is 13.5. The lowest BCUT2D eigenvalue weighted by atomic mass is 9.99. The van der Waals surface area contributed by atoms with Gasteiger partial charge in [0.1, 0.15) is 5.75 Å². The summed E-state index contributed by atoms with van der Waals surface area (Å²) in [6, 6.07) is 8.64. The Morgan fingerprint density at radius 2 is 1.57 bits per heavy atom. The van der Waals surface area contributed by atoms with Crippen LogP contribution in [0.2, 0.25) is 0 Å². The quantitative estimate of drug-likeness (QED) is 0.756. The topological polar surface area (TPSA) is 18.5 Å². The fourth-order valence-electron chi connectivity index (χ4n) is 2.48. The molecule has 0 aliphatic heterocycles. The average molecular weight is 309 g/mol. The van der Waals surface area contributed by atoms with Crippen LogP contribution in [-0.4, -0.2) is 14.2 Å². The first-order valence-electron chi connectivity index (χ1n) is 6.60. The summed E-state index contributed by atoms with van der Waals surface area (Å²) < 4.78 is 23.8. The highest BCUT2D eigenvalue weighted by atomic mass is 35.5. The van der Waals surface area contributed by atoms with Crippen LogP contribution in [0.4, 0.5) is 4.39 Å². The highest BCUT2D eigenvalue weighted by Gasteiger charge is 2.16. The molecule has 2 nitrogen and oxygen atoms in total. The molecule has 1 unspecified atom stereocenters. The average Bonchev–Trinajstić information content (AvgIpc) is 2.46. The summed E-state index contributed by atoms with van der Waals surface area (Å²) in [5.74, 6) is 0.659. The van der Waals surface area contributed by atoms with Gasteiger partial charge in [0.05, 0.1) is 19.6 Å². The van der Waals surface area contributed by atoms with Gasteiger partial charge >= 0.3 is 0 Å². The van der Waals surface area contributed by atoms with Crippen molar-refractivity contribution in [2.45, 2.75) is 19.2 Å². The first-order chi connectivity index (χ1) is 9.97. The van der Waals surface area contributed by atoms with Crippen molar-refractivity contribution >= 4 is 11.6 Å². The number of hydrogen-bond donors (Lipinski definition) is 0. The molecule has 1 atom stereocenters. The Labute approximate surface area is 129 Å². The van der Waals surface area contributed by atoms with Crippen molar-refractivity contribution in [1.29, 1.82) is 0 Å². The van der Waals surface area contributed by atoms with E-state index in [1.165, 1.54) is 13.2 Å². The van der Waals surface area contributed by atoms with E-state index in [9.17, 15) is 4.39 Å². The van der Waals surface area contributed by atoms with E-state index in [2.05, 4.69) is 0 Å². The molecule has 0 saturated heterocycles. The van der Waals surface area contributed by atoms with Gasteiger partial charge in [0.25, 0.3) is 0 Å². The molecule has 0 saturated carbocycles. The number of ether oxygens (including phenoxy) is 2. The van der Waals surface area contributed by atoms with Gasteiger partial charge in [-0.3, -0.25) is 0 Å². The number of rotatable bonds is 4. The molecular formula is C17H18ClFO2. The van der Waals surface area contributed by atoms with E-state index < -0.39 is 5.82 Å². The third-order valence-corrected chi connectivity index (χ3v) is 3.95. The lowest BCUT2D eigenvalue weighted by Gasteiger charge is -2.16.